The molecule has 1 aliphatic heterocycles. The van der Waals surface area contributed by atoms with Crippen molar-refractivity contribution in [2.45, 2.75) is 13.0 Å². The van der Waals surface area contributed by atoms with Crippen LogP contribution in [-0.2, 0) is 0 Å². The van der Waals surface area contributed by atoms with Crippen molar-refractivity contribution < 1.29 is 4.79 Å². The first kappa shape index (κ1) is 20.0. The highest BCUT2D eigenvalue weighted by Gasteiger charge is 2.30. The second-order valence-corrected chi connectivity index (χ2v) is 8.14. The zero-order chi connectivity index (χ0) is 22.2. The zero-order valence-electron chi connectivity index (χ0n) is 17.8. The molecule has 5 rings (SSSR count). The van der Waals surface area contributed by atoms with Gasteiger partial charge >= 0.3 is 0 Å². The topological polar surface area (TPSA) is 103 Å². The van der Waals surface area contributed by atoms with Gasteiger partial charge in [-0.3, -0.25) is 9.89 Å². The van der Waals surface area contributed by atoms with Gasteiger partial charge in [0.15, 0.2) is 5.69 Å². The van der Waals surface area contributed by atoms with Gasteiger partial charge in [0.1, 0.15) is 5.82 Å². The van der Waals surface area contributed by atoms with E-state index in [4.69, 9.17) is 5.73 Å². The lowest BCUT2D eigenvalue weighted by atomic mass is 10.0. The third kappa shape index (κ3) is 3.52. The molecule has 0 spiro atoms. The van der Waals surface area contributed by atoms with Crippen LogP contribution in [0.3, 0.4) is 0 Å². The van der Waals surface area contributed by atoms with Crippen LogP contribution < -0.4 is 5.73 Å². The molecule has 0 radical (unpaired) electrons. The van der Waals surface area contributed by atoms with Crippen molar-refractivity contribution in [3.05, 3.63) is 71.4 Å². The van der Waals surface area contributed by atoms with Gasteiger partial charge in [0.05, 0.1) is 5.52 Å². The van der Waals surface area contributed by atoms with Crippen molar-refractivity contribution in [2.75, 3.05) is 13.1 Å². The molecule has 1 fully saturated rings. The van der Waals surface area contributed by atoms with Gasteiger partial charge in [0.2, 0.25) is 0 Å². The van der Waals surface area contributed by atoms with E-state index in [0.717, 1.165) is 44.7 Å². The van der Waals surface area contributed by atoms with Gasteiger partial charge in [-0.25, -0.2) is 4.99 Å². The van der Waals surface area contributed by atoms with Gasteiger partial charge in [-0.2, -0.15) is 5.10 Å². The number of benzene rings is 2. The van der Waals surface area contributed by atoms with E-state index < -0.39 is 0 Å². The van der Waals surface area contributed by atoms with E-state index in [-0.39, 0.29) is 11.9 Å². The Kier molecular flexibility index (Phi) is 4.95. The van der Waals surface area contributed by atoms with Crippen LogP contribution in [0.4, 0.5) is 5.82 Å². The van der Waals surface area contributed by atoms with E-state index in [9.17, 15) is 4.79 Å². The van der Waals surface area contributed by atoms with Gasteiger partial charge in [-0.05, 0) is 54.6 Å². The van der Waals surface area contributed by atoms with E-state index in [1.165, 1.54) is 0 Å². The van der Waals surface area contributed by atoms with Gasteiger partial charge in [0, 0.05) is 35.8 Å². The number of hydrogen-bond acceptors (Lipinski definition) is 4. The summed E-state index contributed by atoms with van der Waals surface area (Å²) in [4.78, 5) is 22.0. The highest BCUT2D eigenvalue weighted by Crippen LogP contribution is 2.31. The number of likely N-dealkylation sites (tertiary alicyclic amines) is 1. The lowest BCUT2D eigenvalue weighted by Gasteiger charge is -2.36. The lowest BCUT2D eigenvalue weighted by molar-refractivity contribution is 0.0604. The first-order chi connectivity index (χ1) is 15.5. The number of carbonyl (C=O) groups excluding carboxylic acids is 1. The summed E-state index contributed by atoms with van der Waals surface area (Å²) in [6.45, 7) is 6.89. The SMILES string of the molecule is C=Nc1[nH]c(-c2ccccc2)cc1/C=C(\C)c1ccc2[nH]nc(C(=O)N3CC(N)C3)c2c1. The van der Waals surface area contributed by atoms with Crippen LogP contribution in [0.2, 0.25) is 0 Å². The van der Waals surface area contributed by atoms with Crippen molar-refractivity contribution in [2.24, 2.45) is 10.7 Å². The van der Waals surface area contributed by atoms with Crippen LogP contribution >= 0.6 is 0 Å². The Morgan fingerprint density at radius 1 is 1.22 bits per heavy atom. The Balaban J connectivity index is 1.49. The average molecular weight is 425 g/mol. The third-order valence-electron chi connectivity index (χ3n) is 5.86. The zero-order valence-corrected chi connectivity index (χ0v) is 17.8. The summed E-state index contributed by atoms with van der Waals surface area (Å²) in [7, 11) is 0. The van der Waals surface area contributed by atoms with Gasteiger partial charge in [-0.1, -0.05) is 36.4 Å². The fraction of sp³-hybridized carbons (Fsp3) is 0.160. The maximum Gasteiger partial charge on any atom is 0.275 e. The molecule has 1 amide bonds. The van der Waals surface area contributed by atoms with E-state index in [0.29, 0.717) is 18.8 Å². The number of H-pyrrole nitrogens is 2. The minimum absolute atomic E-state index is 0.0553. The molecule has 3 heterocycles. The van der Waals surface area contributed by atoms with E-state index in [2.05, 4.69) is 51.2 Å². The van der Waals surface area contributed by atoms with Crippen LogP contribution in [-0.4, -0.2) is 51.8 Å². The fourth-order valence-electron chi connectivity index (χ4n) is 4.04. The van der Waals surface area contributed by atoms with Gasteiger partial charge in [-0.15, -0.1) is 0 Å². The maximum atomic E-state index is 12.8. The molecule has 0 aliphatic carbocycles. The molecule has 2 aromatic heterocycles. The van der Waals surface area contributed by atoms with Crippen molar-refractivity contribution in [3.8, 4) is 11.3 Å². The minimum atomic E-state index is -0.0898. The van der Waals surface area contributed by atoms with Crippen molar-refractivity contribution in [1.82, 2.24) is 20.1 Å². The number of aromatic amines is 2. The van der Waals surface area contributed by atoms with Crippen LogP contribution in [0.1, 0.15) is 28.5 Å². The second-order valence-electron chi connectivity index (χ2n) is 8.14. The second kappa shape index (κ2) is 7.94. The molecule has 0 unspecified atom stereocenters. The standard InChI is InChI=1S/C25H24N6O/c1-15(10-18-12-22(28-24(18)27-2)16-6-4-3-5-7-16)17-8-9-21-20(11-17)23(30-29-21)25(32)31-13-19(26)14-31/h3-12,19,28H,2,13-14,26H2,1H3,(H,29,30)/b15-10+. The average Bonchev–Trinajstić information content (AvgIpc) is 3.40. The summed E-state index contributed by atoms with van der Waals surface area (Å²) in [5, 5.41) is 8.04. The van der Waals surface area contributed by atoms with E-state index >= 15 is 0 Å². The highest BCUT2D eigenvalue weighted by molar-refractivity contribution is 6.06. The largest absolute Gasteiger partial charge is 0.339 e. The van der Waals surface area contributed by atoms with Gasteiger partial charge in [0.25, 0.3) is 5.91 Å². The summed E-state index contributed by atoms with van der Waals surface area (Å²) in [5.41, 5.74) is 12.2. The number of aliphatic imine (C=N–C) groups is 1. The minimum Gasteiger partial charge on any atom is -0.339 e. The molecule has 0 saturated carbocycles. The summed E-state index contributed by atoms with van der Waals surface area (Å²) < 4.78 is 0. The number of aromatic nitrogens is 3. The number of amides is 1. The van der Waals surface area contributed by atoms with Crippen LogP contribution in [0, 0.1) is 0 Å². The summed E-state index contributed by atoms with van der Waals surface area (Å²) >= 11 is 0. The summed E-state index contributed by atoms with van der Waals surface area (Å²) in [5.74, 6) is 0.630. The van der Waals surface area contributed by atoms with Crippen molar-refractivity contribution in [3.63, 3.8) is 0 Å². The Morgan fingerprint density at radius 3 is 2.72 bits per heavy atom. The Bertz CT molecular complexity index is 1340. The number of carbonyl (C=O) groups is 1. The molecule has 4 aromatic rings. The number of allylic oxidation sites excluding steroid dienone is 1. The normalized spacial score (nSPS) is 14.6. The van der Waals surface area contributed by atoms with E-state index in [1.807, 2.05) is 43.3 Å². The molecular weight excluding hydrogens is 400 g/mol. The molecule has 7 heteroatoms. The number of fused-ring (bicyclic) bond motifs is 1. The molecule has 0 atom stereocenters. The molecular formula is C25H24N6O. The first-order valence-corrected chi connectivity index (χ1v) is 10.5. The number of nitrogens with one attached hydrogen (secondary N) is 2. The molecule has 160 valence electrons. The fourth-order valence-corrected chi connectivity index (χ4v) is 4.04. The predicted molar refractivity (Wildman–Crippen MR) is 129 cm³/mol. The molecule has 4 N–H and O–H groups in total. The van der Waals surface area contributed by atoms with Crippen LogP contribution in [0.15, 0.2) is 59.6 Å². The molecule has 32 heavy (non-hydrogen) atoms. The Labute approximate surface area is 185 Å². The maximum absolute atomic E-state index is 12.8. The third-order valence-corrected chi connectivity index (χ3v) is 5.86. The van der Waals surface area contributed by atoms with Crippen LogP contribution in [0.25, 0.3) is 33.8 Å². The van der Waals surface area contributed by atoms with Crippen molar-refractivity contribution in [1.29, 1.82) is 0 Å². The first-order valence-electron chi connectivity index (χ1n) is 10.5. The van der Waals surface area contributed by atoms with Gasteiger partial charge < -0.3 is 15.6 Å². The molecule has 1 saturated heterocycles. The quantitative estimate of drug-likeness (QED) is 0.418. The highest BCUT2D eigenvalue weighted by atomic mass is 16.2. The molecule has 0 bridgehead atoms. The summed E-state index contributed by atoms with van der Waals surface area (Å²) in [6.07, 6.45) is 2.07. The summed E-state index contributed by atoms with van der Waals surface area (Å²) in [6, 6.07) is 18.2. The Morgan fingerprint density at radius 2 is 2.00 bits per heavy atom. The molecule has 2 aromatic carbocycles. The monoisotopic (exact) mass is 424 g/mol. The smallest absolute Gasteiger partial charge is 0.275 e. The predicted octanol–water partition coefficient (Wildman–Crippen LogP) is 4.23. The number of nitrogens with zero attached hydrogens (tertiary/aromatic N) is 3. The van der Waals surface area contributed by atoms with E-state index in [1.54, 1.807) is 4.90 Å². The number of rotatable bonds is 5. The number of nitrogens with two attached hydrogens (primary N) is 1. The van der Waals surface area contributed by atoms with Crippen LogP contribution in [0.5, 0.6) is 0 Å². The number of hydrogen-bond donors (Lipinski definition) is 3. The molecule has 1 aliphatic rings. The van der Waals surface area contributed by atoms with Crippen molar-refractivity contribution >= 4 is 41.0 Å². The molecule has 7 nitrogen and oxygen atoms in total. The lowest BCUT2D eigenvalue weighted by Crippen LogP contribution is -2.57. The Hall–Kier alpha value is -3.97.